The Morgan fingerprint density at radius 3 is 2.38 bits per heavy atom. The minimum Gasteiger partial charge on any atom is -0.471 e. The molecule has 5 heteroatoms. The standard InChI is InChI=1S/C21H22N4O/c1-14-4-7-17(8-5-14)12-25-20(23)19(11-22)21(24-25)26-13-18-9-6-15(2)16(3)10-18/h4-10H,12-13,23H2,1-3H3. The van der Waals surface area contributed by atoms with E-state index in [9.17, 15) is 5.26 Å². The molecule has 0 aliphatic carbocycles. The van der Waals surface area contributed by atoms with Crippen molar-refractivity contribution in [2.45, 2.75) is 33.9 Å². The quantitative estimate of drug-likeness (QED) is 0.760. The van der Waals surface area contributed by atoms with Gasteiger partial charge in [0.2, 0.25) is 0 Å². The summed E-state index contributed by atoms with van der Waals surface area (Å²) in [6.07, 6.45) is 0. The number of benzene rings is 2. The van der Waals surface area contributed by atoms with Crippen molar-refractivity contribution in [3.63, 3.8) is 0 Å². The highest BCUT2D eigenvalue weighted by molar-refractivity contribution is 5.55. The summed E-state index contributed by atoms with van der Waals surface area (Å²) >= 11 is 0. The first-order valence-corrected chi connectivity index (χ1v) is 8.49. The zero-order valence-electron chi connectivity index (χ0n) is 15.3. The van der Waals surface area contributed by atoms with Gasteiger partial charge in [0, 0.05) is 0 Å². The van der Waals surface area contributed by atoms with Crippen LogP contribution in [0.2, 0.25) is 0 Å². The summed E-state index contributed by atoms with van der Waals surface area (Å²) in [4.78, 5) is 0. The van der Waals surface area contributed by atoms with Crippen molar-refractivity contribution in [1.82, 2.24) is 9.78 Å². The van der Waals surface area contributed by atoms with Crippen molar-refractivity contribution in [2.24, 2.45) is 0 Å². The molecule has 1 aromatic heterocycles. The lowest BCUT2D eigenvalue weighted by molar-refractivity contribution is 0.289. The van der Waals surface area contributed by atoms with E-state index in [-0.39, 0.29) is 11.4 Å². The molecule has 0 saturated heterocycles. The van der Waals surface area contributed by atoms with Crippen LogP contribution in [0, 0.1) is 32.1 Å². The van der Waals surface area contributed by atoms with Crippen LogP contribution in [0.25, 0.3) is 0 Å². The van der Waals surface area contributed by atoms with E-state index < -0.39 is 0 Å². The van der Waals surface area contributed by atoms with Crippen LogP contribution in [0.15, 0.2) is 42.5 Å². The number of anilines is 1. The van der Waals surface area contributed by atoms with Crippen molar-refractivity contribution in [3.8, 4) is 11.9 Å². The highest BCUT2D eigenvalue weighted by Crippen LogP contribution is 2.25. The van der Waals surface area contributed by atoms with Crippen LogP contribution >= 0.6 is 0 Å². The van der Waals surface area contributed by atoms with Gasteiger partial charge in [0.25, 0.3) is 5.88 Å². The summed E-state index contributed by atoms with van der Waals surface area (Å²) in [5.74, 6) is 0.596. The molecule has 1 heterocycles. The summed E-state index contributed by atoms with van der Waals surface area (Å²) in [7, 11) is 0. The lowest BCUT2D eigenvalue weighted by Crippen LogP contribution is -2.06. The smallest absolute Gasteiger partial charge is 0.253 e. The normalized spacial score (nSPS) is 10.5. The zero-order valence-corrected chi connectivity index (χ0v) is 15.3. The summed E-state index contributed by atoms with van der Waals surface area (Å²) in [5.41, 5.74) is 12.1. The number of aromatic nitrogens is 2. The molecule has 0 aliphatic rings. The van der Waals surface area contributed by atoms with Gasteiger partial charge in [0.05, 0.1) is 6.54 Å². The second kappa shape index (κ2) is 7.32. The molecule has 0 atom stereocenters. The van der Waals surface area contributed by atoms with E-state index in [1.807, 2.05) is 37.3 Å². The van der Waals surface area contributed by atoms with Gasteiger partial charge in [-0.15, -0.1) is 5.10 Å². The number of nitrogen functional groups attached to an aromatic ring is 1. The molecular formula is C21H22N4O. The van der Waals surface area contributed by atoms with Gasteiger partial charge in [-0.3, -0.25) is 0 Å². The van der Waals surface area contributed by atoms with Crippen molar-refractivity contribution >= 4 is 5.82 Å². The summed E-state index contributed by atoms with van der Waals surface area (Å²) in [5, 5.41) is 13.8. The molecule has 2 aromatic carbocycles. The number of rotatable bonds is 5. The van der Waals surface area contributed by atoms with E-state index in [1.165, 1.54) is 16.7 Å². The van der Waals surface area contributed by atoms with Gasteiger partial charge < -0.3 is 10.5 Å². The molecule has 0 spiro atoms. The molecule has 132 valence electrons. The van der Waals surface area contributed by atoms with Gasteiger partial charge in [-0.2, -0.15) is 5.26 Å². The Labute approximate surface area is 153 Å². The maximum Gasteiger partial charge on any atom is 0.253 e. The number of nitrogens with two attached hydrogens (primary N) is 1. The molecule has 3 aromatic rings. The summed E-state index contributed by atoms with van der Waals surface area (Å²) in [6, 6.07) is 16.4. The van der Waals surface area contributed by atoms with E-state index in [0.29, 0.717) is 19.0 Å². The maximum absolute atomic E-state index is 9.43. The molecule has 0 radical (unpaired) electrons. The molecule has 0 unspecified atom stereocenters. The molecule has 0 aliphatic heterocycles. The summed E-state index contributed by atoms with van der Waals surface area (Å²) in [6.45, 7) is 7.01. The van der Waals surface area contributed by atoms with Crippen LogP contribution in [0.5, 0.6) is 5.88 Å². The lowest BCUT2D eigenvalue weighted by Gasteiger charge is -2.06. The van der Waals surface area contributed by atoms with Gasteiger partial charge in [-0.05, 0) is 43.0 Å². The first-order chi connectivity index (χ1) is 12.5. The van der Waals surface area contributed by atoms with E-state index in [2.05, 4.69) is 37.1 Å². The SMILES string of the molecule is Cc1ccc(Cn2nc(OCc3ccc(C)c(C)c3)c(C#N)c2N)cc1. The fourth-order valence-corrected chi connectivity index (χ4v) is 2.69. The van der Waals surface area contributed by atoms with Crippen LogP contribution in [0.1, 0.15) is 33.4 Å². The predicted molar refractivity (Wildman–Crippen MR) is 102 cm³/mol. The van der Waals surface area contributed by atoms with E-state index in [1.54, 1.807) is 4.68 Å². The average Bonchev–Trinajstić information content (AvgIpc) is 2.93. The number of nitriles is 1. The average molecular weight is 346 g/mol. The predicted octanol–water partition coefficient (Wildman–Crippen LogP) is 3.89. The lowest BCUT2D eigenvalue weighted by atomic mass is 10.1. The Hall–Kier alpha value is -3.26. The fraction of sp³-hybridized carbons (Fsp3) is 0.238. The number of hydrogen-bond donors (Lipinski definition) is 1. The molecule has 2 N–H and O–H groups in total. The Bertz CT molecular complexity index is 965. The second-order valence-electron chi connectivity index (χ2n) is 6.53. The van der Waals surface area contributed by atoms with E-state index in [0.717, 1.165) is 11.1 Å². The molecule has 0 amide bonds. The van der Waals surface area contributed by atoms with Gasteiger partial charge in [0.1, 0.15) is 18.5 Å². The Kier molecular flexibility index (Phi) is 4.94. The van der Waals surface area contributed by atoms with Crippen molar-refractivity contribution in [2.75, 3.05) is 5.73 Å². The van der Waals surface area contributed by atoms with Gasteiger partial charge >= 0.3 is 0 Å². The Morgan fingerprint density at radius 2 is 1.73 bits per heavy atom. The molecule has 3 rings (SSSR count). The highest BCUT2D eigenvalue weighted by Gasteiger charge is 2.17. The topological polar surface area (TPSA) is 76.9 Å². The van der Waals surface area contributed by atoms with Crippen LogP contribution < -0.4 is 10.5 Å². The molecule has 0 saturated carbocycles. The third-order valence-corrected chi connectivity index (χ3v) is 4.47. The van der Waals surface area contributed by atoms with Crippen molar-refractivity contribution in [1.29, 1.82) is 5.26 Å². The number of hydrogen-bond acceptors (Lipinski definition) is 4. The highest BCUT2D eigenvalue weighted by atomic mass is 16.5. The zero-order chi connectivity index (χ0) is 18.7. The van der Waals surface area contributed by atoms with Crippen LogP contribution in [-0.4, -0.2) is 9.78 Å². The third kappa shape index (κ3) is 3.70. The molecule has 26 heavy (non-hydrogen) atoms. The van der Waals surface area contributed by atoms with Gasteiger partial charge in [-0.1, -0.05) is 48.0 Å². The van der Waals surface area contributed by atoms with Crippen LogP contribution in [-0.2, 0) is 13.2 Å². The first-order valence-electron chi connectivity index (χ1n) is 8.49. The van der Waals surface area contributed by atoms with Gasteiger partial charge in [0.15, 0.2) is 5.56 Å². The largest absolute Gasteiger partial charge is 0.471 e. The molecule has 5 nitrogen and oxygen atoms in total. The number of ether oxygens (including phenoxy) is 1. The second-order valence-corrected chi connectivity index (χ2v) is 6.53. The van der Waals surface area contributed by atoms with Crippen molar-refractivity contribution in [3.05, 3.63) is 75.8 Å². The van der Waals surface area contributed by atoms with E-state index >= 15 is 0 Å². The minimum atomic E-state index is 0.273. The number of nitrogens with zero attached hydrogens (tertiary/aromatic N) is 3. The van der Waals surface area contributed by atoms with E-state index in [4.69, 9.17) is 10.5 Å². The minimum absolute atomic E-state index is 0.273. The third-order valence-electron chi connectivity index (χ3n) is 4.47. The molecule has 0 fully saturated rings. The monoisotopic (exact) mass is 346 g/mol. The number of aryl methyl sites for hydroxylation is 3. The van der Waals surface area contributed by atoms with Crippen molar-refractivity contribution < 1.29 is 4.74 Å². The van der Waals surface area contributed by atoms with Crippen LogP contribution in [0.4, 0.5) is 5.82 Å². The Morgan fingerprint density at radius 1 is 1.04 bits per heavy atom. The van der Waals surface area contributed by atoms with Crippen LogP contribution in [0.3, 0.4) is 0 Å². The molecular weight excluding hydrogens is 324 g/mol. The first kappa shape index (κ1) is 17.6. The summed E-state index contributed by atoms with van der Waals surface area (Å²) < 4.78 is 7.40. The van der Waals surface area contributed by atoms with Gasteiger partial charge in [-0.25, -0.2) is 4.68 Å². The Balaban J connectivity index is 1.80. The maximum atomic E-state index is 9.43. The fourth-order valence-electron chi connectivity index (χ4n) is 2.69. The molecule has 0 bridgehead atoms.